The van der Waals surface area contributed by atoms with Gasteiger partial charge >= 0.3 is 0 Å². The van der Waals surface area contributed by atoms with Gasteiger partial charge in [0, 0.05) is 0 Å². The number of hydrogen-bond donors (Lipinski definition) is 4. The molecule has 1 rings (SSSR count). The van der Waals surface area contributed by atoms with E-state index in [1.54, 1.807) is 25.2 Å². The maximum absolute atomic E-state index is 9.86. The highest BCUT2D eigenvalue weighted by Crippen LogP contribution is 2.26. The second-order valence-corrected chi connectivity index (χ2v) is 4.04. The molecule has 1 fully saturated rings. The third-order valence-corrected chi connectivity index (χ3v) is 2.91. The molecule has 0 radical (unpaired) electrons. The van der Waals surface area contributed by atoms with Crippen LogP contribution < -0.4 is 0 Å². The number of aliphatic hydroxyl groups is 4. The summed E-state index contributed by atoms with van der Waals surface area (Å²) in [5, 5.41) is 38.2. The van der Waals surface area contributed by atoms with Gasteiger partial charge in [-0.2, -0.15) is 0 Å². The van der Waals surface area contributed by atoms with Crippen molar-refractivity contribution >= 4 is 0 Å². The van der Waals surface area contributed by atoms with Gasteiger partial charge in [0.15, 0.2) is 0 Å². The van der Waals surface area contributed by atoms with Crippen LogP contribution >= 0.6 is 0 Å². The van der Waals surface area contributed by atoms with Crippen molar-refractivity contribution < 1.29 is 25.2 Å². The standard InChI is InChI=1S/C12H20O5/c1-3-5-7(4-2)12-11(16)10(15)9(14)8(6-13)17-12/h3-5,8-16H,6H2,1-2H3. The van der Waals surface area contributed by atoms with Crippen LogP contribution in [-0.2, 0) is 4.74 Å². The molecule has 0 spiro atoms. The molecule has 0 bridgehead atoms. The van der Waals surface area contributed by atoms with Crippen molar-refractivity contribution in [2.75, 3.05) is 6.61 Å². The van der Waals surface area contributed by atoms with Crippen molar-refractivity contribution in [3.05, 3.63) is 23.8 Å². The molecule has 1 aliphatic rings. The van der Waals surface area contributed by atoms with E-state index in [-0.39, 0.29) is 0 Å². The van der Waals surface area contributed by atoms with E-state index in [0.717, 1.165) is 0 Å². The van der Waals surface area contributed by atoms with Crippen molar-refractivity contribution in [3.8, 4) is 0 Å². The molecule has 0 amide bonds. The monoisotopic (exact) mass is 244 g/mol. The van der Waals surface area contributed by atoms with Crippen molar-refractivity contribution in [3.63, 3.8) is 0 Å². The van der Waals surface area contributed by atoms with Crippen LogP contribution in [0, 0.1) is 0 Å². The molecular formula is C12H20O5. The van der Waals surface area contributed by atoms with Crippen molar-refractivity contribution in [2.24, 2.45) is 0 Å². The smallest absolute Gasteiger partial charge is 0.113 e. The fourth-order valence-corrected chi connectivity index (χ4v) is 1.92. The maximum atomic E-state index is 9.86. The van der Waals surface area contributed by atoms with Crippen LogP contribution in [-0.4, -0.2) is 57.6 Å². The van der Waals surface area contributed by atoms with E-state index in [1.165, 1.54) is 0 Å². The summed E-state index contributed by atoms with van der Waals surface area (Å²) in [6, 6.07) is 0. The Labute approximate surface area is 101 Å². The maximum Gasteiger partial charge on any atom is 0.113 e. The van der Waals surface area contributed by atoms with Gasteiger partial charge in [-0.1, -0.05) is 18.2 Å². The van der Waals surface area contributed by atoms with E-state index in [4.69, 9.17) is 9.84 Å². The molecular weight excluding hydrogens is 224 g/mol. The minimum Gasteiger partial charge on any atom is -0.394 e. The summed E-state index contributed by atoms with van der Waals surface area (Å²) in [6.45, 7) is 3.21. The van der Waals surface area contributed by atoms with Crippen LogP contribution in [0.25, 0.3) is 0 Å². The molecule has 0 aromatic rings. The lowest BCUT2D eigenvalue weighted by Crippen LogP contribution is -2.58. The van der Waals surface area contributed by atoms with E-state index in [1.807, 2.05) is 6.92 Å². The van der Waals surface area contributed by atoms with Gasteiger partial charge in [0.1, 0.15) is 30.5 Å². The minimum atomic E-state index is -1.33. The van der Waals surface area contributed by atoms with Gasteiger partial charge < -0.3 is 25.2 Å². The fourth-order valence-electron chi connectivity index (χ4n) is 1.92. The average molecular weight is 244 g/mol. The SMILES string of the molecule is CC=CC(=CC)C1OC(CO)C(O)C(O)C1O. The Hall–Kier alpha value is -0.720. The van der Waals surface area contributed by atoms with Gasteiger partial charge in [-0.3, -0.25) is 0 Å². The summed E-state index contributed by atoms with van der Waals surface area (Å²) < 4.78 is 5.41. The molecule has 0 aromatic heterocycles. The summed E-state index contributed by atoms with van der Waals surface area (Å²) >= 11 is 0. The Bertz CT molecular complexity index is 297. The van der Waals surface area contributed by atoms with E-state index >= 15 is 0 Å². The van der Waals surface area contributed by atoms with Gasteiger partial charge in [0.05, 0.1) is 6.61 Å². The predicted octanol–water partition coefficient (Wildman–Crippen LogP) is -0.649. The molecule has 5 heteroatoms. The summed E-state index contributed by atoms with van der Waals surface area (Å²) in [7, 11) is 0. The predicted molar refractivity (Wildman–Crippen MR) is 62.3 cm³/mol. The molecule has 17 heavy (non-hydrogen) atoms. The van der Waals surface area contributed by atoms with Gasteiger partial charge in [0.25, 0.3) is 0 Å². The normalized spacial score (nSPS) is 39.9. The van der Waals surface area contributed by atoms with Crippen LogP contribution in [0.3, 0.4) is 0 Å². The summed E-state index contributed by atoms with van der Waals surface area (Å²) in [6.07, 6.45) is -0.155. The fraction of sp³-hybridized carbons (Fsp3) is 0.667. The zero-order valence-corrected chi connectivity index (χ0v) is 10.0. The number of allylic oxidation sites excluding steroid dienone is 2. The lowest BCUT2D eigenvalue weighted by atomic mass is 9.91. The van der Waals surface area contributed by atoms with Crippen molar-refractivity contribution in [2.45, 2.75) is 44.4 Å². The minimum absolute atomic E-state index is 0.408. The summed E-state index contributed by atoms with van der Waals surface area (Å²) in [5.41, 5.74) is 0.699. The lowest BCUT2D eigenvalue weighted by Gasteiger charge is -2.40. The van der Waals surface area contributed by atoms with E-state index in [0.29, 0.717) is 5.57 Å². The van der Waals surface area contributed by atoms with Gasteiger partial charge in [-0.05, 0) is 19.4 Å². The zero-order chi connectivity index (χ0) is 13.0. The molecule has 98 valence electrons. The molecule has 1 saturated heterocycles. The highest BCUT2D eigenvalue weighted by Gasteiger charge is 2.43. The third-order valence-electron chi connectivity index (χ3n) is 2.91. The molecule has 1 aliphatic heterocycles. The van der Waals surface area contributed by atoms with Crippen LogP contribution in [0.4, 0.5) is 0 Å². The Morgan fingerprint density at radius 2 is 1.76 bits per heavy atom. The topological polar surface area (TPSA) is 90.2 Å². The Kier molecular flexibility index (Phi) is 5.30. The van der Waals surface area contributed by atoms with Crippen LogP contribution in [0.1, 0.15) is 13.8 Å². The second kappa shape index (κ2) is 6.28. The highest BCUT2D eigenvalue weighted by atomic mass is 16.5. The first-order valence-corrected chi connectivity index (χ1v) is 5.66. The molecule has 5 nitrogen and oxygen atoms in total. The highest BCUT2D eigenvalue weighted by molar-refractivity contribution is 5.25. The largest absolute Gasteiger partial charge is 0.394 e. The molecule has 4 N–H and O–H groups in total. The first-order chi connectivity index (χ1) is 8.06. The van der Waals surface area contributed by atoms with Crippen molar-refractivity contribution in [1.82, 2.24) is 0 Å². The molecule has 0 aliphatic carbocycles. The lowest BCUT2D eigenvalue weighted by molar-refractivity contribution is -0.218. The van der Waals surface area contributed by atoms with Gasteiger partial charge in [-0.25, -0.2) is 0 Å². The first-order valence-electron chi connectivity index (χ1n) is 5.66. The number of rotatable bonds is 3. The first kappa shape index (κ1) is 14.3. The van der Waals surface area contributed by atoms with Crippen LogP contribution in [0.15, 0.2) is 23.8 Å². The molecule has 0 aromatic carbocycles. The summed E-state index contributed by atoms with van der Waals surface area (Å²) in [4.78, 5) is 0. The molecule has 5 atom stereocenters. The number of aliphatic hydroxyl groups excluding tert-OH is 4. The Morgan fingerprint density at radius 1 is 1.12 bits per heavy atom. The van der Waals surface area contributed by atoms with Gasteiger partial charge in [-0.15, -0.1) is 0 Å². The Morgan fingerprint density at radius 3 is 2.24 bits per heavy atom. The van der Waals surface area contributed by atoms with Crippen molar-refractivity contribution in [1.29, 1.82) is 0 Å². The third kappa shape index (κ3) is 2.94. The average Bonchev–Trinajstić information content (AvgIpc) is 2.34. The van der Waals surface area contributed by atoms with E-state index in [9.17, 15) is 15.3 Å². The second-order valence-electron chi connectivity index (χ2n) is 4.04. The summed E-state index contributed by atoms with van der Waals surface area (Å²) in [5.74, 6) is 0. The van der Waals surface area contributed by atoms with Crippen LogP contribution in [0.2, 0.25) is 0 Å². The van der Waals surface area contributed by atoms with Gasteiger partial charge in [0.2, 0.25) is 0 Å². The number of ether oxygens (including phenoxy) is 1. The Balaban J connectivity index is 2.92. The molecule has 5 unspecified atom stereocenters. The molecule has 1 heterocycles. The van der Waals surface area contributed by atoms with Crippen LogP contribution in [0.5, 0.6) is 0 Å². The van der Waals surface area contributed by atoms with E-state index in [2.05, 4.69) is 0 Å². The number of hydrogen-bond acceptors (Lipinski definition) is 5. The quantitative estimate of drug-likeness (QED) is 0.495. The zero-order valence-electron chi connectivity index (χ0n) is 10.0. The molecule has 0 saturated carbocycles. The van der Waals surface area contributed by atoms with E-state index < -0.39 is 37.1 Å².